The maximum absolute atomic E-state index is 2.27. The Balaban J connectivity index is 1.44. The second kappa shape index (κ2) is 8.69. The van der Waals surface area contributed by atoms with Crippen molar-refractivity contribution in [2.45, 2.75) is 13.8 Å². The van der Waals surface area contributed by atoms with Gasteiger partial charge in [-0.1, -0.05) is 120 Å². The third-order valence-corrected chi connectivity index (χ3v) is 5.90. The van der Waals surface area contributed by atoms with Crippen LogP contribution in [0, 0.1) is 13.8 Å². The summed E-state index contributed by atoms with van der Waals surface area (Å²) >= 11 is 0. The monoisotopic (exact) mass is 410 g/mol. The predicted octanol–water partition coefficient (Wildman–Crippen LogP) is 8.95. The summed E-state index contributed by atoms with van der Waals surface area (Å²) < 4.78 is 0. The lowest BCUT2D eigenvalue weighted by atomic mass is 9.98. The van der Waals surface area contributed by atoms with Gasteiger partial charge in [-0.15, -0.1) is 0 Å². The van der Waals surface area contributed by atoms with Crippen LogP contribution in [0.4, 0.5) is 0 Å². The van der Waals surface area contributed by atoms with Crippen LogP contribution in [0.2, 0.25) is 0 Å². The average molecular weight is 411 g/mol. The van der Waals surface area contributed by atoms with Crippen molar-refractivity contribution >= 4 is 45.8 Å². The van der Waals surface area contributed by atoms with Crippen molar-refractivity contribution in [2.75, 3.05) is 0 Å². The summed E-state index contributed by atoms with van der Waals surface area (Å²) in [4.78, 5) is 0. The van der Waals surface area contributed by atoms with Crippen molar-refractivity contribution in [1.82, 2.24) is 0 Å². The van der Waals surface area contributed by atoms with E-state index in [9.17, 15) is 0 Å². The molecule has 5 rings (SSSR count). The molecule has 0 unspecified atom stereocenters. The minimum absolute atomic E-state index is 1.22. The number of rotatable bonds is 4. The van der Waals surface area contributed by atoms with Gasteiger partial charge >= 0.3 is 0 Å². The van der Waals surface area contributed by atoms with Crippen LogP contribution in [0.1, 0.15) is 33.4 Å². The number of aryl methyl sites for hydroxylation is 2. The minimum Gasteiger partial charge on any atom is -0.0614 e. The lowest BCUT2D eigenvalue weighted by Crippen LogP contribution is -1.82. The normalized spacial score (nSPS) is 11.8. The van der Waals surface area contributed by atoms with Gasteiger partial charge < -0.3 is 0 Å². The second-order valence-electron chi connectivity index (χ2n) is 8.52. The minimum atomic E-state index is 1.22. The Labute approximate surface area is 190 Å². The maximum atomic E-state index is 2.27. The van der Waals surface area contributed by atoms with Crippen molar-refractivity contribution in [1.29, 1.82) is 0 Å². The molecular formula is C32H26. The third kappa shape index (κ3) is 4.40. The van der Waals surface area contributed by atoms with Crippen LogP contribution >= 0.6 is 0 Å². The highest BCUT2D eigenvalue weighted by Gasteiger charge is 2.02. The van der Waals surface area contributed by atoms with E-state index in [0.29, 0.717) is 0 Å². The maximum Gasteiger partial charge on any atom is -0.0105 e. The van der Waals surface area contributed by atoms with Crippen LogP contribution in [0.25, 0.3) is 45.8 Å². The second-order valence-corrected chi connectivity index (χ2v) is 8.52. The van der Waals surface area contributed by atoms with Crippen molar-refractivity contribution < 1.29 is 0 Å². The molecule has 0 aliphatic heterocycles. The fraction of sp³-hybridized carbons (Fsp3) is 0.0625. The Morgan fingerprint density at radius 2 is 0.812 bits per heavy atom. The molecule has 154 valence electrons. The molecule has 32 heavy (non-hydrogen) atoms. The summed E-state index contributed by atoms with van der Waals surface area (Å²) in [5.41, 5.74) is 7.47. The largest absolute Gasteiger partial charge is 0.0614 e. The topological polar surface area (TPSA) is 0 Å². The van der Waals surface area contributed by atoms with Gasteiger partial charge in [0.2, 0.25) is 0 Å². The predicted molar refractivity (Wildman–Crippen MR) is 142 cm³/mol. The molecule has 0 saturated carbocycles. The summed E-state index contributed by atoms with van der Waals surface area (Å²) in [5, 5.41) is 5.13. The summed E-state index contributed by atoms with van der Waals surface area (Å²) in [5.74, 6) is 0. The molecule has 0 saturated heterocycles. The molecule has 0 bridgehead atoms. The molecule has 0 amide bonds. The van der Waals surface area contributed by atoms with Gasteiger partial charge in [0.25, 0.3) is 0 Å². The molecule has 0 atom stereocenters. The molecule has 0 heterocycles. The first kappa shape index (κ1) is 20.0. The first-order valence-electron chi connectivity index (χ1n) is 11.1. The number of fused-ring (bicyclic) bond motifs is 3. The average Bonchev–Trinajstić information content (AvgIpc) is 2.81. The molecule has 0 aromatic heterocycles. The van der Waals surface area contributed by atoms with Crippen LogP contribution in [0.3, 0.4) is 0 Å². The van der Waals surface area contributed by atoms with Gasteiger partial charge in [-0.25, -0.2) is 0 Å². The zero-order chi connectivity index (χ0) is 21.9. The van der Waals surface area contributed by atoms with Gasteiger partial charge in [-0.3, -0.25) is 0 Å². The zero-order valence-electron chi connectivity index (χ0n) is 18.5. The van der Waals surface area contributed by atoms with Gasteiger partial charge in [0.05, 0.1) is 0 Å². The van der Waals surface area contributed by atoms with E-state index in [-0.39, 0.29) is 0 Å². The summed E-state index contributed by atoms with van der Waals surface area (Å²) in [6, 6.07) is 35.1. The first-order chi connectivity index (χ1) is 15.6. The Hall–Kier alpha value is -3.90. The van der Waals surface area contributed by atoms with Crippen LogP contribution in [0.15, 0.2) is 97.1 Å². The highest BCUT2D eigenvalue weighted by atomic mass is 14.1. The van der Waals surface area contributed by atoms with E-state index in [1.54, 1.807) is 0 Å². The molecule has 0 aliphatic carbocycles. The van der Waals surface area contributed by atoms with Gasteiger partial charge in [-0.2, -0.15) is 0 Å². The first-order valence-corrected chi connectivity index (χ1v) is 11.1. The van der Waals surface area contributed by atoms with Crippen molar-refractivity contribution in [2.24, 2.45) is 0 Å². The standard InChI is InChI=1S/C32H26/c1-23-5-3-7-25(19-23)9-11-27-13-17-31-29(21-27)15-16-30-22-28(14-18-32(30)31)12-10-26-8-4-6-24(2)20-26/h3-22H,1-2H3/b11-9+,12-10+. The van der Waals surface area contributed by atoms with Crippen LogP contribution < -0.4 is 0 Å². The summed E-state index contributed by atoms with van der Waals surface area (Å²) in [6.07, 6.45) is 8.75. The number of benzene rings is 5. The van der Waals surface area contributed by atoms with Gasteiger partial charge in [0, 0.05) is 0 Å². The van der Waals surface area contributed by atoms with E-state index < -0.39 is 0 Å². The highest BCUT2D eigenvalue weighted by molar-refractivity contribution is 6.08. The van der Waals surface area contributed by atoms with Gasteiger partial charge in [0.15, 0.2) is 0 Å². The molecule has 5 aromatic rings. The molecule has 5 aromatic carbocycles. The van der Waals surface area contributed by atoms with Crippen molar-refractivity contribution in [3.05, 3.63) is 130 Å². The summed E-state index contributed by atoms with van der Waals surface area (Å²) in [7, 11) is 0. The molecular weight excluding hydrogens is 384 g/mol. The zero-order valence-corrected chi connectivity index (χ0v) is 18.5. The molecule has 0 fully saturated rings. The Bertz CT molecular complexity index is 1370. The van der Waals surface area contributed by atoms with Crippen LogP contribution in [0.5, 0.6) is 0 Å². The van der Waals surface area contributed by atoms with E-state index >= 15 is 0 Å². The molecule has 0 heteroatoms. The number of hydrogen-bond acceptors (Lipinski definition) is 0. The number of hydrogen-bond donors (Lipinski definition) is 0. The fourth-order valence-corrected chi connectivity index (χ4v) is 4.25. The lowest BCUT2D eigenvalue weighted by molar-refractivity contribution is 1.46. The highest BCUT2D eigenvalue weighted by Crippen LogP contribution is 2.28. The SMILES string of the molecule is Cc1cccc(/C=C/c2ccc3c(ccc4cc(/C=C/c5cccc(C)c5)ccc43)c2)c1. The van der Waals surface area contributed by atoms with E-state index in [2.05, 4.69) is 135 Å². The van der Waals surface area contributed by atoms with Crippen LogP contribution in [-0.4, -0.2) is 0 Å². The quantitative estimate of drug-likeness (QED) is 0.205. The smallest absolute Gasteiger partial charge is 0.0105 e. The Morgan fingerprint density at radius 3 is 1.22 bits per heavy atom. The molecule has 0 nitrogen and oxygen atoms in total. The van der Waals surface area contributed by atoms with E-state index in [4.69, 9.17) is 0 Å². The Morgan fingerprint density at radius 1 is 0.406 bits per heavy atom. The van der Waals surface area contributed by atoms with E-state index in [1.165, 1.54) is 54.9 Å². The third-order valence-electron chi connectivity index (χ3n) is 5.90. The molecule has 0 aliphatic rings. The van der Waals surface area contributed by atoms with Crippen LogP contribution in [-0.2, 0) is 0 Å². The molecule has 0 N–H and O–H groups in total. The van der Waals surface area contributed by atoms with E-state index in [0.717, 1.165) is 0 Å². The lowest BCUT2D eigenvalue weighted by Gasteiger charge is -2.06. The molecule has 0 spiro atoms. The Kier molecular flexibility index (Phi) is 5.44. The van der Waals surface area contributed by atoms with Gasteiger partial charge in [0.1, 0.15) is 0 Å². The molecule has 0 radical (unpaired) electrons. The van der Waals surface area contributed by atoms with Crippen molar-refractivity contribution in [3.8, 4) is 0 Å². The fourth-order valence-electron chi connectivity index (χ4n) is 4.25. The van der Waals surface area contributed by atoms with Crippen molar-refractivity contribution in [3.63, 3.8) is 0 Å². The van der Waals surface area contributed by atoms with Gasteiger partial charge in [-0.05, 0) is 69.8 Å². The summed E-state index contributed by atoms with van der Waals surface area (Å²) in [6.45, 7) is 4.25. The van der Waals surface area contributed by atoms with E-state index in [1.807, 2.05) is 0 Å².